The van der Waals surface area contributed by atoms with E-state index >= 15 is 0 Å². The van der Waals surface area contributed by atoms with Crippen LogP contribution in [0.25, 0.3) is 0 Å². The Morgan fingerprint density at radius 2 is 2.00 bits per heavy atom. The average Bonchev–Trinajstić information content (AvgIpc) is 2.96. The van der Waals surface area contributed by atoms with Crippen molar-refractivity contribution in [3.8, 4) is 0 Å². The topological polar surface area (TPSA) is 41.9 Å². The number of hydrogen-bond acceptors (Lipinski definition) is 3. The van der Waals surface area contributed by atoms with Gasteiger partial charge in [0.1, 0.15) is 5.60 Å². The number of alkyl halides is 3. The van der Waals surface area contributed by atoms with Crippen LogP contribution < -0.4 is 0 Å². The Hall–Kier alpha value is -1.79. The average molecular weight is 372 g/mol. The number of rotatable bonds is 5. The zero-order valence-electron chi connectivity index (χ0n) is 15.6. The van der Waals surface area contributed by atoms with Gasteiger partial charge in [-0.15, -0.1) is 0 Å². The first-order chi connectivity index (χ1) is 12.2. The van der Waals surface area contributed by atoms with Crippen molar-refractivity contribution in [3.05, 3.63) is 23.8 Å². The van der Waals surface area contributed by atoms with E-state index in [2.05, 4.69) is 19.0 Å². The standard InChI is InChI=1S/C19H27F3N2O2/c1-4-5-6-15(14(2)3)16-13-18(26-23-16)9-11-24(12-10-18)17(25)7-8-19(20,21)22/h4-6,14H,7-13H2,1-3H3/b5-4-,15-6+. The molecular weight excluding hydrogens is 345 g/mol. The molecule has 146 valence electrons. The van der Waals surface area contributed by atoms with Crippen molar-refractivity contribution in [2.24, 2.45) is 11.1 Å². The van der Waals surface area contributed by atoms with Crippen LogP contribution in [-0.2, 0) is 9.63 Å². The lowest BCUT2D eigenvalue weighted by molar-refractivity contribution is -0.152. The van der Waals surface area contributed by atoms with Crippen molar-refractivity contribution in [1.82, 2.24) is 4.90 Å². The van der Waals surface area contributed by atoms with E-state index in [9.17, 15) is 18.0 Å². The number of nitrogens with zero attached hydrogens (tertiary/aromatic N) is 2. The van der Waals surface area contributed by atoms with Gasteiger partial charge in [-0.3, -0.25) is 4.79 Å². The summed E-state index contributed by atoms with van der Waals surface area (Å²) < 4.78 is 36.8. The highest BCUT2D eigenvalue weighted by atomic mass is 19.4. The minimum atomic E-state index is -4.30. The van der Waals surface area contributed by atoms with Crippen LogP contribution in [0.5, 0.6) is 0 Å². The molecule has 0 aromatic carbocycles. The van der Waals surface area contributed by atoms with E-state index in [-0.39, 0.29) is 0 Å². The minimum Gasteiger partial charge on any atom is -0.388 e. The summed E-state index contributed by atoms with van der Waals surface area (Å²) in [5, 5.41) is 4.29. The first-order valence-corrected chi connectivity index (χ1v) is 9.08. The molecule has 0 radical (unpaired) electrons. The van der Waals surface area contributed by atoms with Crippen LogP contribution in [0.15, 0.2) is 29.0 Å². The van der Waals surface area contributed by atoms with Gasteiger partial charge in [0.2, 0.25) is 5.91 Å². The summed E-state index contributed by atoms with van der Waals surface area (Å²) in [7, 11) is 0. The zero-order valence-corrected chi connectivity index (χ0v) is 15.6. The van der Waals surface area contributed by atoms with Crippen LogP contribution in [0.1, 0.15) is 52.9 Å². The van der Waals surface area contributed by atoms with Crippen LogP contribution in [-0.4, -0.2) is 41.4 Å². The third-order valence-corrected chi connectivity index (χ3v) is 4.91. The van der Waals surface area contributed by atoms with E-state index < -0.39 is 30.5 Å². The Morgan fingerprint density at radius 3 is 2.54 bits per heavy atom. The largest absolute Gasteiger partial charge is 0.389 e. The maximum Gasteiger partial charge on any atom is 0.389 e. The number of hydrogen-bond donors (Lipinski definition) is 0. The molecule has 0 aromatic rings. The van der Waals surface area contributed by atoms with Gasteiger partial charge in [-0.05, 0) is 18.4 Å². The number of oxime groups is 1. The fourth-order valence-corrected chi connectivity index (χ4v) is 3.34. The van der Waals surface area contributed by atoms with Crippen LogP contribution >= 0.6 is 0 Å². The fourth-order valence-electron chi connectivity index (χ4n) is 3.34. The van der Waals surface area contributed by atoms with Crippen molar-refractivity contribution < 1.29 is 22.8 Å². The summed E-state index contributed by atoms with van der Waals surface area (Å²) >= 11 is 0. The van der Waals surface area contributed by atoms with Gasteiger partial charge in [0.25, 0.3) is 0 Å². The number of likely N-dealkylation sites (tertiary alicyclic amines) is 1. The number of halogens is 3. The molecule has 4 nitrogen and oxygen atoms in total. The predicted molar refractivity (Wildman–Crippen MR) is 94.7 cm³/mol. The van der Waals surface area contributed by atoms with Gasteiger partial charge < -0.3 is 9.74 Å². The van der Waals surface area contributed by atoms with Gasteiger partial charge in [0, 0.05) is 38.8 Å². The van der Waals surface area contributed by atoms with Crippen molar-refractivity contribution >= 4 is 11.6 Å². The number of amides is 1. The second kappa shape index (κ2) is 8.27. The number of piperidine rings is 1. The van der Waals surface area contributed by atoms with Gasteiger partial charge in [-0.1, -0.05) is 37.2 Å². The number of carbonyl (C=O) groups is 1. The summed E-state index contributed by atoms with van der Waals surface area (Å²) in [5.74, 6) is -0.125. The van der Waals surface area contributed by atoms with Crippen LogP contribution in [0.3, 0.4) is 0 Å². The smallest absolute Gasteiger partial charge is 0.388 e. The summed E-state index contributed by atoms with van der Waals surface area (Å²) in [6.45, 7) is 6.98. The van der Waals surface area contributed by atoms with Crippen molar-refractivity contribution in [3.63, 3.8) is 0 Å². The fraction of sp³-hybridized carbons (Fsp3) is 0.684. The molecule has 1 spiro atoms. The Kier molecular flexibility index (Phi) is 6.53. The van der Waals surface area contributed by atoms with E-state index in [0.717, 1.165) is 11.3 Å². The molecule has 1 amide bonds. The number of carbonyl (C=O) groups excluding carboxylic acids is 1. The van der Waals surface area contributed by atoms with Crippen molar-refractivity contribution in [2.75, 3.05) is 13.1 Å². The Labute approximate surface area is 152 Å². The number of allylic oxidation sites excluding steroid dienone is 4. The van der Waals surface area contributed by atoms with E-state index in [4.69, 9.17) is 4.84 Å². The van der Waals surface area contributed by atoms with Crippen LogP contribution in [0.4, 0.5) is 13.2 Å². The van der Waals surface area contributed by atoms with Crippen LogP contribution in [0, 0.1) is 5.92 Å². The van der Waals surface area contributed by atoms with Gasteiger partial charge in [0.15, 0.2) is 0 Å². The van der Waals surface area contributed by atoms with E-state index in [1.807, 2.05) is 25.2 Å². The first kappa shape index (κ1) is 20.5. The highest BCUT2D eigenvalue weighted by Gasteiger charge is 2.43. The van der Waals surface area contributed by atoms with Crippen molar-refractivity contribution in [2.45, 2.75) is 64.7 Å². The predicted octanol–water partition coefficient (Wildman–Crippen LogP) is 4.62. The molecule has 2 heterocycles. The highest BCUT2D eigenvalue weighted by molar-refractivity contribution is 6.01. The lowest BCUT2D eigenvalue weighted by Crippen LogP contribution is -2.47. The minimum absolute atomic E-state index is 0.313. The third-order valence-electron chi connectivity index (χ3n) is 4.91. The normalized spacial score (nSPS) is 20.8. The summed E-state index contributed by atoms with van der Waals surface area (Å²) in [6, 6.07) is 0. The third kappa shape index (κ3) is 5.35. The highest BCUT2D eigenvalue weighted by Crippen LogP contribution is 2.37. The summed E-state index contributed by atoms with van der Waals surface area (Å²) in [4.78, 5) is 19.2. The lowest BCUT2D eigenvalue weighted by Gasteiger charge is -2.37. The molecular formula is C19H27F3N2O2. The molecule has 2 aliphatic rings. The van der Waals surface area contributed by atoms with Gasteiger partial charge in [0.05, 0.1) is 12.1 Å². The Morgan fingerprint density at radius 1 is 1.35 bits per heavy atom. The van der Waals surface area contributed by atoms with Crippen LogP contribution in [0.2, 0.25) is 0 Å². The second-order valence-corrected chi connectivity index (χ2v) is 7.29. The molecule has 1 fully saturated rings. The SMILES string of the molecule is C/C=C\C=C(\C1=NOC2(CCN(C(=O)CCC(F)(F)F)CC2)C1)C(C)C. The van der Waals surface area contributed by atoms with Gasteiger partial charge >= 0.3 is 6.18 Å². The van der Waals surface area contributed by atoms with E-state index in [1.165, 1.54) is 4.90 Å². The quantitative estimate of drug-likeness (QED) is 0.661. The molecule has 0 bridgehead atoms. The summed E-state index contributed by atoms with van der Waals surface area (Å²) in [5.41, 5.74) is 1.62. The first-order valence-electron chi connectivity index (χ1n) is 9.08. The molecule has 1 saturated heterocycles. The maximum atomic E-state index is 12.3. The monoisotopic (exact) mass is 372 g/mol. The maximum absolute atomic E-state index is 12.3. The molecule has 26 heavy (non-hydrogen) atoms. The molecule has 0 aromatic heterocycles. The Bertz CT molecular complexity index is 598. The zero-order chi connectivity index (χ0) is 19.4. The van der Waals surface area contributed by atoms with E-state index in [0.29, 0.717) is 38.3 Å². The molecule has 2 aliphatic heterocycles. The molecule has 0 unspecified atom stereocenters. The molecule has 7 heteroatoms. The lowest BCUT2D eigenvalue weighted by atomic mass is 9.83. The molecule has 0 N–H and O–H groups in total. The molecule has 2 rings (SSSR count). The molecule has 0 atom stereocenters. The van der Waals surface area contributed by atoms with E-state index in [1.54, 1.807) is 0 Å². The summed E-state index contributed by atoms with van der Waals surface area (Å²) in [6.07, 6.45) is 1.99. The Balaban J connectivity index is 1.91. The molecule has 0 aliphatic carbocycles. The second-order valence-electron chi connectivity index (χ2n) is 7.29. The van der Waals surface area contributed by atoms with Gasteiger partial charge in [-0.2, -0.15) is 13.2 Å². The van der Waals surface area contributed by atoms with Crippen molar-refractivity contribution in [1.29, 1.82) is 0 Å². The van der Waals surface area contributed by atoms with Gasteiger partial charge in [-0.25, -0.2) is 0 Å². The molecule has 0 saturated carbocycles.